The SMILES string of the molecule is CC[C@@H]1[C@H](/C=C/[C@@H](O)CCCCCCCC(=O)O)[C@@H](O)C[C@H]1O. The van der Waals surface area contributed by atoms with Gasteiger partial charge in [0.05, 0.1) is 18.3 Å². The van der Waals surface area contributed by atoms with Gasteiger partial charge in [0.1, 0.15) is 0 Å². The van der Waals surface area contributed by atoms with Crippen LogP contribution in [0.1, 0.15) is 64.7 Å². The van der Waals surface area contributed by atoms with E-state index in [9.17, 15) is 20.1 Å². The van der Waals surface area contributed by atoms with Crippen LogP contribution in [-0.2, 0) is 4.79 Å². The molecular weight excluding hydrogens is 296 g/mol. The van der Waals surface area contributed by atoms with Crippen LogP contribution in [0.25, 0.3) is 0 Å². The second kappa shape index (κ2) is 10.8. The van der Waals surface area contributed by atoms with E-state index in [-0.39, 0.29) is 18.3 Å². The molecule has 5 atom stereocenters. The number of hydrogen-bond donors (Lipinski definition) is 4. The first-order valence-corrected chi connectivity index (χ1v) is 8.90. The minimum absolute atomic E-state index is 0.0688. The quantitative estimate of drug-likeness (QED) is 0.345. The molecule has 5 nitrogen and oxygen atoms in total. The average molecular weight is 328 g/mol. The Hall–Kier alpha value is -0.910. The molecule has 0 aromatic heterocycles. The van der Waals surface area contributed by atoms with Crippen molar-refractivity contribution in [3.05, 3.63) is 12.2 Å². The number of aliphatic hydroxyl groups excluding tert-OH is 3. The first-order valence-electron chi connectivity index (χ1n) is 8.90. The van der Waals surface area contributed by atoms with Gasteiger partial charge in [-0.2, -0.15) is 0 Å². The molecule has 1 rings (SSSR count). The Bertz CT molecular complexity index is 368. The van der Waals surface area contributed by atoms with Crippen LogP contribution in [0.2, 0.25) is 0 Å². The van der Waals surface area contributed by atoms with Crippen molar-refractivity contribution in [2.45, 2.75) is 83.0 Å². The molecule has 134 valence electrons. The second-order valence-corrected chi connectivity index (χ2v) is 6.67. The summed E-state index contributed by atoms with van der Waals surface area (Å²) in [5.74, 6) is -0.737. The molecule has 1 fully saturated rings. The summed E-state index contributed by atoms with van der Waals surface area (Å²) >= 11 is 0. The highest BCUT2D eigenvalue weighted by molar-refractivity contribution is 5.66. The van der Waals surface area contributed by atoms with E-state index in [0.717, 1.165) is 38.5 Å². The van der Waals surface area contributed by atoms with E-state index in [1.165, 1.54) is 0 Å². The van der Waals surface area contributed by atoms with Crippen LogP contribution in [0.4, 0.5) is 0 Å². The predicted octanol–water partition coefficient (Wildman–Crippen LogP) is 2.49. The number of unbranched alkanes of at least 4 members (excludes halogenated alkanes) is 4. The zero-order chi connectivity index (χ0) is 17.2. The summed E-state index contributed by atoms with van der Waals surface area (Å²) in [4.78, 5) is 10.4. The minimum atomic E-state index is -0.741. The van der Waals surface area contributed by atoms with Gasteiger partial charge in [-0.15, -0.1) is 0 Å². The van der Waals surface area contributed by atoms with E-state index >= 15 is 0 Å². The third kappa shape index (κ3) is 7.46. The fourth-order valence-electron chi connectivity index (χ4n) is 3.45. The Morgan fingerprint density at radius 1 is 1.13 bits per heavy atom. The van der Waals surface area contributed by atoms with Crippen molar-refractivity contribution in [3.8, 4) is 0 Å². The summed E-state index contributed by atoms with van der Waals surface area (Å²) in [6.45, 7) is 2.01. The molecule has 0 radical (unpaired) electrons. The Kier molecular flexibility index (Phi) is 9.44. The molecule has 1 aliphatic carbocycles. The second-order valence-electron chi connectivity index (χ2n) is 6.67. The van der Waals surface area contributed by atoms with E-state index in [1.807, 2.05) is 13.0 Å². The van der Waals surface area contributed by atoms with Crippen molar-refractivity contribution in [1.29, 1.82) is 0 Å². The Morgan fingerprint density at radius 2 is 1.78 bits per heavy atom. The van der Waals surface area contributed by atoms with Gasteiger partial charge in [0.15, 0.2) is 0 Å². The number of carboxylic acid groups (broad SMARTS) is 1. The standard InChI is InChI=1S/C18H32O5/c1-2-14-15(17(21)12-16(14)20)11-10-13(19)8-6-4-3-5-7-9-18(22)23/h10-11,13-17,19-21H,2-9,12H2,1H3,(H,22,23)/b11-10+/t13-,14+,15-,16+,17-/m0/s1. The monoisotopic (exact) mass is 328 g/mol. The molecule has 0 aromatic carbocycles. The molecule has 23 heavy (non-hydrogen) atoms. The number of aliphatic hydroxyl groups is 3. The van der Waals surface area contributed by atoms with Gasteiger partial charge in [0, 0.05) is 18.8 Å². The third-order valence-corrected chi connectivity index (χ3v) is 4.83. The van der Waals surface area contributed by atoms with Crippen LogP contribution in [0.15, 0.2) is 12.2 Å². The molecule has 0 saturated heterocycles. The fraction of sp³-hybridized carbons (Fsp3) is 0.833. The number of carbonyl (C=O) groups is 1. The summed E-state index contributed by atoms with van der Waals surface area (Å²) in [7, 11) is 0. The van der Waals surface area contributed by atoms with Crippen LogP contribution >= 0.6 is 0 Å². The highest BCUT2D eigenvalue weighted by Crippen LogP contribution is 2.35. The topological polar surface area (TPSA) is 98.0 Å². The molecule has 0 spiro atoms. The van der Waals surface area contributed by atoms with Gasteiger partial charge in [0.25, 0.3) is 0 Å². The van der Waals surface area contributed by atoms with Crippen LogP contribution in [0.3, 0.4) is 0 Å². The molecule has 0 unspecified atom stereocenters. The highest BCUT2D eigenvalue weighted by atomic mass is 16.4. The predicted molar refractivity (Wildman–Crippen MR) is 89.0 cm³/mol. The van der Waals surface area contributed by atoms with E-state index in [4.69, 9.17) is 5.11 Å². The summed E-state index contributed by atoms with van der Waals surface area (Å²) in [6.07, 6.45) is 8.81. The molecule has 1 aliphatic rings. The first-order chi connectivity index (χ1) is 11.0. The van der Waals surface area contributed by atoms with Crippen molar-refractivity contribution >= 4 is 5.97 Å². The molecule has 4 N–H and O–H groups in total. The molecular formula is C18H32O5. The highest BCUT2D eigenvalue weighted by Gasteiger charge is 2.38. The molecule has 0 aliphatic heterocycles. The minimum Gasteiger partial charge on any atom is -0.481 e. The summed E-state index contributed by atoms with van der Waals surface area (Å²) in [5, 5.41) is 38.4. The molecule has 0 bridgehead atoms. The number of carboxylic acids is 1. The maximum Gasteiger partial charge on any atom is 0.303 e. The lowest BCUT2D eigenvalue weighted by molar-refractivity contribution is -0.137. The van der Waals surface area contributed by atoms with Crippen LogP contribution < -0.4 is 0 Å². The van der Waals surface area contributed by atoms with Gasteiger partial charge < -0.3 is 20.4 Å². The van der Waals surface area contributed by atoms with Crippen molar-refractivity contribution in [3.63, 3.8) is 0 Å². The summed E-state index contributed by atoms with van der Waals surface area (Å²) < 4.78 is 0. The number of hydrogen-bond acceptors (Lipinski definition) is 4. The van der Waals surface area contributed by atoms with Crippen molar-refractivity contribution in [2.75, 3.05) is 0 Å². The van der Waals surface area contributed by atoms with Crippen molar-refractivity contribution in [1.82, 2.24) is 0 Å². The Labute approximate surface area is 139 Å². The third-order valence-electron chi connectivity index (χ3n) is 4.83. The fourth-order valence-corrected chi connectivity index (χ4v) is 3.45. The zero-order valence-electron chi connectivity index (χ0n) is 14.1. The van der Waals surface area contributed by atoms with Crippen LogP contribution in [-0.4, -0.2) is 44.7 Å². The molecule has 5 heteroatoms. The molecule has 0 aromatic rings. The molecule has 0 amide bonds. The van der Waals surface area contributed by atoms with Gasteiger partial charge >= 0.3 is 5.97 Å². The number of rotatable bonds is 11. The van der Waals surface area contributed by atoms with Gasteiger partial charge in [0.2, 0.25) is 0 Å². The van der Waals surface area contributed by atoms with E-state index in [2.05, 4.69) is 0 Å². The lowest BCUT2D eigenvalue weighted by Gasteiger charge is -2.19. The van der Waals surface area contributed by atoms with E-state index in [0.29, 0.717) is 12.8 Å². The van der Waals surface area contributed by atoms with Gasteiger partial charge in [-0.1, -0.05) is 51.2 Å². The smallest absolute Gasteiger partial charge is 0.303 e. The zero-order valence-corrected chi connectivity index (χ0v) is 14.1. The maximum atomic E-state index is 10.4. The Balaban J connectivity index is 2.18. The van der Waals surface area contributed by atoms with Gasteiger partial charge in [-0.3, -0.25) is 4.79 Å². The average Bonchev–Trinajstić information content (AvgIpc) is 2.76. The van der Waals surface area contributed by atoms with E-state index < -0.39 is 24.3 Å². The van der Waals surface area contributed by atoms with Gasteiger partial charge in [-0.05, 0) is 18.8 Å². The largest absolute Gasteiger partial charge is 0.481 e. The first kappa shape index (κ1) is 20.1. The summed E-state index contributed by atoms with van der Waals surface area (Å²) in [6, 6.07) is 0. The van der Waals surface area contributed by atoms with Crippen molar-refractivity contribution < 1.29 is 25.2 Å². The lowest BCUT2D eigenvalue weighted by atomic mass is 9.90. The maximum absolute atomic E-state index is 10.4. The van der Waals surface area contributed by atoms with Crippen LogP contribution in [0.5, 0.6) is 0 Å². The molecule has 1 saturated carbocycles. The van der Waals surface area contributed by atoms with E-state index in [1.54, 1.807) is 6.08 Å². The summed E-state index contributed by atoms with van der Waals surface area (Å²) in [5.41, 5.74) is 0. The normalized spacial score (nSPS) is 29.2. The van der Waals surface area contributed by atoms with Crippen molar-refractivity contribution in [2.24, 2.45) is 11.8 Å². The van der Waals surface area contributed by atoms with Gasteiger partial charge in [-0.25, -0.2) is 0 Å². The van der Waals surface area contributed by atoms with Crippen LogP contribution in [0, 0.1) is 11.8 Å². The molecule has 0 heterocycles. The Morgan fingerprint density at radius 3 is 2.43 bits per heavy atom. The number of aliphatic carboxylic acids is 1. The lowest BCUT2D eigenvalue weighted by Crippen LogP contribution is -2.20.